The number of aromatic nitrogens is 2. The van der Waals surface area contributed by atoms with E-state index in [1.807, 2.05) is 17.7 Å². The molecule has 3 rings (SSSR count). The number of hydrogen-bond donors (Lipinski definition) is 1. The summed E-state index contributed by atoms with van der Waals surface area (Å²) in [6.45, 7) is 0. The van der Waals surface area contributed by atoms with Crippen LogP contribution < -0.4 is 5.73 Å². The summed E-state index contributed by atoms with van der Waals surface area (Å²) >= 11 is 0. The van der Waals surface area contributed by atoms with Gasteiger partial charge in [0.05, 0.1) is 5.69 Å². The zero-order valence-electron chi connectivity index (χ0n) is 9.14. The van der Waals surface area contributed by atoms with Crippen molar-refractivity contribution in [2.75, 3.05) is 5.73 Å². The molecule has 0 aliphatic heterocycles. The van der Waals surface area contributed by atoms with Crippen molar-refractivity contribution in [1.29, 1.82) is 0 Å². The largest absolute Gasteiger partial charge is 0.368 e. The molecule has 0 bridgehead atoms. The molecule has 86 valence electrons. The molecular weight excluding hydrogens is 221 g/mol. The average Bonchev–Trinajstić information content (AvgIpc) is 2.83. The molecule has 4 nitrogen and oxygen atoms in total. The second-order valence-electron chi connectivity index (χ2n) is 3.91. The maximum atomic E-state index is 13.1. The number of benzene rings is 1. The molecule has 2 aromatic heterocycles. The number of aryl methyl sites for hydroxylation is 1. The summed E-state index contributed by atoms with van der Waals surface area (Å²) in [5.74, 6) is 0.00533. The minimum absolute atomic E-state index is 0.255. The molecule has 0 amide bonds. The number of nitrogen functional groups attached to an aromatic ring is 1. The van der Waals surface area contributed by atoms with E-state index in [1.165, 1.54) is 12.1 Å². The Kier molecular flexibility index (Phi) is 1.95. The zero-order valence-corrected chi connectivity index (χ0v) is 9.14. The van der Waals surface area contributed by atoms with Crippen LogP contribution in [0.25, 0.3) is 22.3 Å². The quantitative estimate of drug-likeness (QED) is 0.700. The fourth-order valence-electron chi connectivity index (χ4n) is 1.98. The molecule has 2 N–H and O–H groups in total. The van der Waals surface area contributed by atoms with E-state index in [-0.39, 0.29) is 11.7 Å². The smallest absolute Gasteiger partial charge is 0.222 e. The minimum Gasteiger partial charge on any atom is -0.368 e. The molecule has 0 saturated heterocycles. The number of hydrogen-bond acceptors (Lipinski definition) is 3. The first-order chi connectivity index (χ1) is 8.15. The molecule has 0 aliphatic carbocycles. The lowest BCUT2D eigenvalue weighted by Gasteiger charge is -1.99. The molecule has 0 spiro atoms. The topological polar surface area (TPSA) is 57.0 Å². The molecule has 3 aromatic rings. The van der Waals surface area contributed by atoms with Gasteiger partial charge in [-0.15, -0.1) is 0 Å². The van der Waals surface area contributed by atoms with E-state index in [1.54, 1.807) is 12.1 Å². The lowest BCUT2D eigenvalue weighted by molar-refractivity contribution is 0.439. The second kappa shape index (κ2) is 3.35. The van der Waals surface area contributed by atoms with Crippen LogP contribution in [0.15, 0.2) is 34.9 Å². The van der Waals surface area contributed by atoms with Gasteiger partial charge < -0.3 is 14.8 Å². The molecule has 0 fully saturated rings. The Balaban J connectivity index is 2.27. The van der Waals surface area contributed by atoms with Crippen molar-refractivity contribution in [2.24, 2.45) is 7.05 Å². The first-order valence-electron chi connectivity index (χ1n) is 5.13. The Bertz CT molecular complexity index is 699. The highest BCUT2D eigenvalue weighted by Gasteiger charge is 2.11. The summed E-state index contributed by atoms with van der Waals surface area (Å²) in [5.41, 5.74) is 7.90. The minimum atomic E-state index is -0.255. The van der Waals surface area contributed by atoms with E-state index in [0.29, 0.717) is 5.69 Å². The maximum absolute atomic E-state index is 13.1. The van der Waals surface area contributed by atoms with Crippen LogP contribution in [0.3, 0.4) is 0 Å². The van der Waals surface area contributed by atoms with Crippen LogP contribution in [0.1, 0.15) is 0 Å². The van der Waals surface area contributed by atoms with Crippen molar-refractivity contribution in [3.05, 3.63) is 36.1 Å². The normalized spacial score (nSPS) is 11.2. The van der Waals surface area contributed by atoms with Gasteiger partial charge in [-0.05, 0) is 24.3 Å². The number of fused-ring (bicyclic) bond motifs is 1. The van der Waals surface area contributed by atoms with Gasteiger partial charge in [-0.2, -0.15) is 0 Å². The van der Waals surface area contributed by atoms with Crippen molar-refractivity contribution in [2.45, 2.75) is 0 Å². The van der Waals surface area contributed by atoms with Gasteiger partial charge in [0.1, 0.15) is 11.5 Å². The third-order valence-corrected chi connectivity index (χ3v) is 2.80. The Morgan fingerprint density at radius 1 is 1.29 bits per heavy atom. The van der Waals surface area contributed by atoms with Gasteiger partial charge >= 0.3 is 0 Å². The number of rotatable bonds is 1. The van der Waals surface area contributed by atoms with Crippen molar-refractivity contribution in [1.82, 2.24) is 9.72 Å². The van der Waals surface area contributed by atoms with E-state index >= 15 is 0 Å². The SMILES string of the molecule is Cn1c(-c2cc(N)on2)cc2cc(F)ccc21. The van der Waals surface area contributed by atoms with Gasteiger partial charge in [-0.3, -0.25) is 0 Å². The van der Waals surface area contributed by atoms with E-state index < -0.39 is 0 Å². The molecule has 2 heterocycles. The standard InChI is InChI=1S/C12H10FN3O/c1-16-10-3-2-8(13)4-7(10)5-11(16)9-6-12(14)17-15-9/h2-6H,14H2,1H3. The lowest BCUT2D eigenvalue weighted by Crippen LogP contribution is -1.91. The summed E-state index contributed by atoms with van der Waals surface area (Å²) in [5, 5.41) is 4.67. The van der Waals surface area contributed by atoms with Crippen LogP contribution in [0.5, 0.6) is 0 Å². The molecule has 17 heavy (non-hydrogen) atoms. The fraction of sp³-hybridized carbons (Fsp3) is 0.0833. The molecule has 0 unspecified atom stereocenters. The maximum Gasteiger partial charge on any atom is 0.222 e. The van der Waals surface area contributed by atoms with Crippen molar-refractivity contribution in [3.8, 4) is 11.4 Å². The Hall–Kier alpha value is -2.30. The molecule has 0 saturated carbocycles. The number of anilines is 1. The summed E-state index contributed by atoms with van der Waals surface area (Å²) in [6.07, 6.45) is 0. The lowest BCUT2D eigenvalue weighted by atomic mass is 10.2. The average molecular weight is 231 g/mol. The van der Waals surface area contributed by atoms with E-state index in [0.717, 1.165) is 16.6 Å². The Morgan fingerprint density at radius 2 is 2.12 bits per heavy atom. The van der Waals surface area contributed by atoms with Crippen LogP contribution in [0, 0.1) is 5.82 Å². The summed E-state index contributed by atoms with van der Waals surface area (Å²) in [4.78, 5) is 0. The highest BCUT2D eigenvalue weighted by molar-refractivity contribution is 5.86. The monoisotopic (exact) mass is 231 g/mol. The van der Waals surface area contributed by atoms with Gasteiger partial charge in [0.2, 0.25) is 5.88 Å². The van der Waals surface area contributed by atoms with E-state index in [4.69, 9.17) is 10.3 Å². The van der Waals surface area contributed by atoms with Gasteiger partial charge in [0.15, 0.2) is 0 Å². The zero-order chi connectivity index (χ0) is 12.0. The molecule has 0 aliphatic rings. The van der Waals surface area contributed by atoms with Gasteiger partial charge in [-0.25, -0.2) is 4.39 Å². The predicted molar refractivity (Wildman–Crippen MR) is 62.8 cm³/mol. The van der Waals surface area contributed by atoms with Crippen molar-refractivity contribution in [3.63, 3.8) is 0 Å². The van der Waals surface area contributed by atoms with Crippen LogP contribution in [-0.4, -0.2) is 9.72 Å². The van der Waals surface area contributed by atoms with Crippen LogP contribution in [0.2, 0.25) is 0 Å². The van der Waals surface area contributed by atoms with Crippen LogP contribution in [0.4, 0.5) is 10.3 Å². The summed E-state index contributed by atoms with van der Waals surface area (Å²) < 4.78 is 19.9. The van der Waals surface area contributed by atoms with Crippen molar-refractivity contribution < 1.29 is 8.91 Å². The molecule has 0 radical (unpaired) electrons. The van der Waals surface area contributed by atoms with E-state index in [2.05, 4.69) is 5.16 Å². The molecule has 5 heteroatoms. The first-order valence-corrected chi connectivity index (χ1v) is 5.13. The van der Waals surface area contributed by atoms with Gasteiger partial charge in [-0.1, -0.05) is 5.16 Å². The first kappa shape index (κ1) is 9.89. The third-order valence-electron chi connectivity index (χ3n) is 2.80. The van der Waals surface area contributed by atoms with E-state index in [9.17, 15) is 4.39 Å². The third kappa shape index (κ3) is 1.47. The molecular formula is C12H10FN3O. The van der Waals surface area contributed by atoms with Crippen LogP contribution in [-0.2, 0) is 7.05 Å². The number of nitrogens with zero attached hydrogens (tertiary/aromatic N) is 2. The number of halogens is 1. The molecule has 1 aromatic carbocycles. The van der Waals surface area contributed by atoms with Gasteiger partial charge in [0.25, 0.3) is 0 Å². The summed E-state index contributed by atoms with van der Waals surface area (Å²) in [6, 6.07) is 8.16. The summed E-state index contributed by atoms with van der Waals surface area (Å²) in [7, 11) is 1.89. The van der Waals surface area contributed by atoms with Crippen molar-refractivity contribution >= 4 is 16.8 Å². The molecule has 0 atom stereocenters. The predicted octanol–water partition coefficient (Wildman–Crippen LogP) is 2.55. The highest BCUT2D eigenvalue weighted by Crippen LogP contribution is 2.27. The van der Waals surface area contributed by atoms with Crippen LogP contribution >= 0.6 is 0 Å². The Morgan fingerprint density at radius 3 is 2.82 bits per heavy atom. The number of nitrogens with two attached hydrogens (primary N) is 1. The fourth-order valence-corrected chi connectivity index (χ4v) is 1.98. The highest BCUT2D eigenvalue weighted by atomic mass is 19.1. The van der Waals surface area contributed by atoms with Gasteiger partial charge in [0, 0.05) is 24.0 Å². The second-order valence-corrected chi connectivity index (χ2v) is 3.91. The Labute approximate surface area is 96.4 Å².